The molecule has 0 aromatic heterocycles. The van der Waals surface area contributed by atoms with Gasteiger partial charge in [-0.3, -0.25) is 0 Å². The van der Waals surface area contributed by atoms with Crippen molar-refractivity contribution in [2.75, 3.05) is 51.6 Å². The summed E-state index contributed by atoms with van der Waals surface area (Å²) in [6.45, 7) is 2.21. The standard InChI is InChI=1S/C20H16F9N3O2.C20H15F9N2O2.C16H13F9N2O2.C16H16F6N2O2/c1-16(33,18(21,22)23)14-13(31)6-9-2-7-4-11(17(34,19(24,25)26)20(27,28)29)12(30)5-8(7)3-10(9)15(14)32;1-16(32,18(21,22)23)12-4-2-8-7-11-9(6-10(8)14(12)30)3-5-13(15(11)31)17(33,19(24,25)26)20(27,28)29;1-12(28,14(17,18)19)7-4-2-6-3-5-8(11(27)9(6)10(7)26)13(29,15(20,21)22)16(23,24)25;1-13(25,15(17,18)19)9-3-7-6-12(24)10(4-8(7)5-11(9)23)14(2,26)16(20,21)22/h2-6,33-34H,30-32H2,1H3;2-7,32-33H,30-31H2,1H3;2-5,28-29H,26-27H2,1H3;3-6,25-26H,23-24H2,1-2H3. The maximum atomic E-state index is 13.3. The lowest BCUT2D eigenvalue weighted by Crippen LogP contribution is -2.54. The largest absolute Gasteiger partial charge is 0.430 e. The van der Waals surface area contributed by atoms with Crippen LogP contribution in [0.2, 0.25) is 0 Å². The molecule has 10 aromatic rings. The van der Waals surface area contributed by atoms with E-state index in [0.29, 0.717) is 65.0 Å². The van der Waals surface area contributed by atoms with Gasteiger partial charge in [0, 0.05) is 117 Å². The summed E-state index contributed by atoms with van der Waals surface area (Å²) in [4.78, 5) is 0. The molecule has 0 fully saturated rings. The van der Waals surface area contributed by atoms with Gasteiger partial charge in [0.15, 0.2) is 28.0 Å². The van der Waals surface area contributed by atoms with Crippen LogP contribution in [0.25, 0.3) is 64.6 Å². The number of hydrogen-bond donors (Lipinski definition) is 17. The van der Waals surface area contributed by atoms with Crippen LogP contribution in [0.1, 0.15) is 79.1 Å². The van der Waals surface area contributed by atoms with E-state index >= 15 is 0 Å². The Morgan fingerprint density at radius 3 is 0.738 bits per heavy atom. The molecule has 0 spiro atoms. The van der Waals surface area contributed by atoms with E-state index in [1.165, 1.54) is 0 Å². The predicted octanol–water partition coefficient (Wildman–Crippen LogP) is 17.7. The lowest BCUT2D eigenvalue weighted by Gasteiger charge is -2.34. The van der Waals surface area contributed by atoms with Gasteiger partial charge in [-0.15, -0.1) is 0 Å². The zero-order chi connectivity index (χ0) is 94.7. The van der Waals surface area contributed by atoms with Gasteiger partial charge in [0.1, 0.15) is 0 Å². The van der Waals surface area contributed by atoms with Crippen molar-refractivity contribution in [1.82, 2.24) is 0 Å². The number of nitrogens with two attached hydrogens (primary N) is 9. The Kier molecular flexibility index (Phi) is 24.3. The van der Waals surface area contributed by atoms with E-state index in [-0.39, 0.29) is 65.3 Å². The highest BCUT2D eigenvalue weighted by atomic mass is 19.5. The molecule has 0 radical (unpaired) electrons. The Bertz CT molecular complexity index is 5610. The van der Waals surface area contributed by atoms with Crippen LogP contribution in [-0.4, -0.2) is 109 Å². The molecule has 0 saturated heterocycles. The van der Waals surface area contributed by atoms with E-state index < -0.39 is 214 Å². The van der Waals surface area contributed by atoms with Gasteiger partial charge in [-0.05, 0) is 144 Å². The summed E-state index contributed by atoms with van der Waals surface area (Å²) < 4.78 is 436. The van der Waals surface area contributed by atoms with Gasteiger partial charge in [-0.25, -0.2) is 0 Å². The maximum Gasteiger partial charge on any atom is 0.430 e. The highest BCUT2D eigenvalue weighted by Gasteiger charge is 2.75. The van der Waals surface area contributed by atoms with Crippen molar-refractivity contribution >= 4 is 116 Å². The average molecular weight is 1810 g/mol. The van der Waals surface area contributed by atoms with Crippen molar-refractivity contribution in [2.24, 2.45) is 0 Å². The number of hydrogen-bond acceptors (Lipinski definition) is 17. The average Bonchev–Trinajstić information content (AvgIpc) is 0.720. The number of aliphatic hydroxyl groups is 8. The minimum atomic E-state index is -6.27. The van der Waals surface area contributed by atoms with Crippen LogP contribution >= 0.6 is 0 Å². The molecular formula is C72H60F33N9O8. The molecule has 672 valence electrons. The summed E-state index contributed by atoms with van der Waals surface area (Å²) in [5, 5.41) is 76.3. The maximum absolute atomic E-state index is 13.3. The van der Waals surface area contributed by atoms with Crippen LogP contribution in [0, 0.1) is 0 Å². The highest BCUT2D eigenvalue weighted by molar-refractivity contribution is 6.10. The van der Waals surface area contributed by atoms with Crippen molar-refractivity contribution in [2.45, 2.75) is 147 Å². The molecule has 0 aliphatic carbocycles. The van der Waals surface area contributed by atoms with E-state index in [1.807, 2.05) is 0 Å². The SMILES string of the molecule is CC(O)(c1c(N)cc2cc3cc(C(O)(C(F)(F)F)C(F)(F)F)c(N)cc3cc2c1N)C(F)(F)F.CC(O)(c1cc2cc(N)c(C(C)(O)C(F)(F)F)cc2cc1N)C(F)(F)F.CC(O)(c1ccc2cc3c(N)c(C(O)(C(F)(F)F)C(F)(F)F)ccc3cc2c1N)C(F)(F)F.CC(O)(c1ccc2ccc(C(O)(C(F)(F)F)C(F)(F)F)c(N)c2c1N)C(F)(F)F. The van der Waals surface area contributed by atoms with E-state index in [2.05, 4.69) is 0 Å². The third-order valence-corrected chi connectivity index (χ3v) is 20.0. The fraction of sp³-hybridized carbons (Fsp3) is 0.333. The number of nitrogen functional groups attached to an aromatic ring is 9. The number of rotatable bonds is 8. The molecule has 0 heterocycles. The Labute approximate surface area is 658 Å². The second-order valence-corrected chi connectivity index (χ2v) is 28.3. The molecule has 0 amide bonds. The van der Waals surface area contributed by atoms with Crippen LogP contribution in [-0.2, 0) is 44.8 Å². The second kappa shape index (κ2) is 30.1. The van der Waals surface area contributed by atoms with Gasteiger partial charge in [0.25, 0.3) is 16.8 Å². The lowest BCUT2D eigenvalue weighted by atomic mass is 9.85. The quantitative estimate of drug-likeness (QED) is 0.0382. The Morgan fingerprint density at radius 2 is 0.410 bits per heavy atom. The fourth-order valence-electron chi connectivity index (χ4n) is 12.6. The zero-order valence-electron chi connectivity index (χ0n) is 61.2. The molecule has 26 N–H and O–H groups in total. The van der Waals surface area contributed by atoms with Gasteiger partial charge in [0.05, 0.1) is 0 Å². The van der Waals surface area contributed by atoms with Crippen molar-refractivity contribution in [3.8, 4) is 0 Å². The first-order chi connectivity index (χ1) is 54.2. The molecule has 0 aliphatic rings. The Balaban J connectivity index is 0.000000225. The minimum Gasteiger partial charge on any atom is -0.398 e. The monoisotopic (exact) mass is 1810 g/mol. The van der Waals surface area contributed by atoms with Crippen LogP contribution in [0.15, 0.2) is 115 Å². The number of benzene rings is 10. The summed E-state index contributed by atoms with van der Waals surface area (Å²) in [5.41, 5.74) is 1.33. The molecule has 10 aromatic carbocycles. The van der Waals surface area contributed by atoms with Gasteiger partial charge in [0.2, 0.25) is 0 Å². The molecule has 0 saturated carbocycles. The minimum absolute atomic E-state index is 0.0214. The second-order valence-electron chi connectivity index (χ2n) is 28.3. The molecule has 50 heteroatoms. The third-order valence-electron chi connectivity index (χ3n) is 20.0. The number of alkyl halides is 33. The molecule has 5 unspecified atom stereocenters. The summed E-state index contributed by atoms with van der Waals surface area (Å²) in [6, 6.07) is 15.5. The summed E-state index contributed by atoms with van der Waals surface area (Å²) in [6.07, 6.45) is -62.8. The first kappa shape index (κ1) is 98.4. The third kappa shape index (κ3) is 16.3. The summed E-state index contributed by atoms with van der Waals surface area (Å²) >= 11 is 0. The van der Waals surface area contributed by atoms with Crippen LogP contribution in [0.4, 0.5) is 196 Å². The molecular weight excluding hydrogens is 1750 g/mol. The van der Waals surface area contributed by atoms with Crippen molar-refractivity contribution in [3.63, 3.8) is 0 Å². The zero-order valence-corrected chi connectivity index (χ0v) is 61.2. The van der Waals surface area contributed by atoms with Crippen LogP contribution in [0.3, 0.4) is 0 Å². The molecule has 0 aliphatic heterocycles. The topological polar surface area (TPSA) is 396 Å². The summed E-state index contributed by atoms with van der Waals surface area (Å²) in [7, 11) is 0. The highest BCUT2D eigenvalue weighted by Crippen LogP contribution is 2.59. The molecule has 17 nitrogen and oxygen atoms in total. The number of anilines is 9. The number of halogens is 33. The van der Waals surface area contributed by atoms with E-state index in [0.717, 1.165) is 78.9 Å². The predicted molar refractivity (Wildman–Crippen MR) is 377 cm³/mol. The van der Waals surface area contributed by atoms with E-state index in [1.54, 1.807) is 0 Å². The lowest BCUT2D eigenvalue weighted by molar-refractivity contribution is -0.376. The van der Waals surface area contributed by atoms with Crippen LogP contribution < -0.4 is 51.6 Å². The van der Waals surface area contributed by atoms with Gasteiger partial charge < -0.3 is 92.5 Å². The van der Waals surface area contributed by atoms with Crippen LogP contribution in [0.5, 0.6) is 0 Å². The van der Waals surface area contributed by atoms with Gasteiger partial charge in [-0.1, -0.05) is 48.5 Å². The Hall–Kier alpha value is -10.7. The van der Waals surface area contributed by atoms with Crippen molar-refractivity contribution in [1.29, 1.82) is 0 Å². The first-order valence-corrected chi connectivity index (χ1v) is 32.9. The summed E-state index contributed by atoms with van der Waals surface area (Å²) in [5.74, 6) is 0. The molecule has 10 rings (SSSR count). The van der Waals surface area contributed by atoms with E-state index in [4.69, 9.17) is 51.6 Å². The van der Waals surface area contributed by atoms with Gasteiger partial charge in [-0.2, -0.15) is 145 Å². The number of fused-ring (bicyclic) bond motifs is 6. The smallest absolute Gasteiger partial charge is 0.398 e. The van der Waals surface area contributed by atoms with Crippen molar-refractivity contribution in [3.05, 3.63) is 160 Å². The Morgan fingerprint density at radius 1 is 0.189 bits per heavy atom. The molecule has 0 bridgehead atoms. The first-order valence-electron chi connectivity index (χ1n) is 32.9. The van der Waals surface area contributed by atoms with Crippen molar-refractivity contribution < 1.29 is 186 Å². The fourth-order valence-corrected chi connectivity index (χ4v) is 12.6. The van der Waals surface area contributed by atoms with E-state index in [9.17, 15) is 186 Å². The van der Waals surface area contributed by atoms with Gasteiger partial charge >= 0.3 is 67.9 Å². The molecule has 5 atom stereocenters. The normalized spacial score (nSPS) is 16.2. The molecule has 122 heavy (non-hydrogen) atoms.